The Kier molecular flexibility index (Phi) is 2.47. The highest BCUT2D eigenvalue weighted by atomic mass is 16.4. The summed E-state index contributed by atoms with van der Waals surface area (Å²) in [5.41, 5.74) is 8.45. The highest BCUT2D eigenvalue weighted by molar-refractivity contribution is 5.86. The van der Waals surface area contributed by atoms with E-state index in [1.807, 2.05) is 18.2 Å². The number of nitrogens with one attached hydrogen (secondary N) is 1. The second kappa shape index (κ2) is 3.90. The normalized spacial score (nSPS) is 17.3. The summed E-state index contributed by atoms with van der Waals surface area (Å²) in [5.74, 6) is 0.694. The molecule has 0 unspecified atom stereocenters. The van der Waals surface area contributed by atoms with Gasteiger partial charge >= 0.3 is 0 Å². The molecule has 1 aliphatic rings. The van der Waals surface area contributed by atoms with Crippen LogP contribution in [0.2, 0.25) is 0 Å². The Labute approximate surface area is 107 Å². The van der Waals surface area contributed by atoms with E-state index < -0.39 is 0 Å². The molecule has 0 spiro atoms. The highest BCUT2D eigenvalue weighted by Gasteiger charge is 2.45. The van der Waals surface area contributed by atoms with E-state index in [0.29, 0.717) is 23.0 Å². The lowest BCUT2D eigenvalue weighted by Gasteiger charge is -2.19. The maximum atomic E-state index is 5.86. The largest absolute Gasteiger partial charge is 0.423 e. The Morgan fingerprint density at radius 2 is 2.22 bits per heavy atom. The van der Waals surface area contributed by atoms with Crippen molar-refractivity contribution in [2.45, 2.75) is 26.7 Å². The Hall–Kier alpha value is -1.71. The molecule has 0 bridgehead atoms. The van der Waals surface area contributed by atoms with Gasteiger partial charge < -0.3 is 15.5 Å². The first-order valence-electron chi connectivity index (χ1n) is 6.50. The SMILES string of the molecule is CC(C)C1(CNc2nc3c(N)cccc3o2)CC1. The Balaban J connectivity index is 1.78. The summed E-state index contributed by atoms with van der Waals surface area (Å²) in [7, 11) is 0. The van der Waals surface area contributed by atoms with Gasteiger partial charge in [0.1, 0.15) is 5.52 Å². The lowest BCUT2D eigenvalue weighted by Crippen LogP contribution is -2.20. The molecule has 4 nitrogen and oxygen atoms in total. The molecular weight excluding hydrogens is 226 g/mol. The summed E-state index contributed by atoms with van der Waals surface area (Å²) in [6, 6.07) is 6.18. The monoisotopic (exact) mass is 245 g/mol. The first-order chi connectivity index (χ1) is 8.61. The number of benzene rings is 1. The molecule has 1 saturated carbocycles. The van der Waals surface area contributed by atoms with E-state index in [-0.39, 0.29) is 0 Å². The van der Waals surface area contributed by atoms with Crippen molar-refractivity contribution in [1.29, 1.82) is 0 Å². The van der Waals surface area contributed by atoms with Gasteiger partial charge in [0.15, 0.2) is 5.58 Å². The van der Waals surface area contributed by atoms with Gasteiger partial charge in [-0.25, -0.2) is 0 Å². The number of fused-ring (bicyclic) bond motifs is 1. The van der Waals surface area contributed by atoms with Crippen LogP contribution in [-0.2, 0) is 0 Å². The molecule has 0 atom stereocenters. The van der Waals surface area contributed by atoms with E-state index in [1.165, 1.54) is 12.8 Å². The fraction of sp³-hybridized carbons (Fsp3) is 0.500. The zero-order chi connectivity index (χ0) is 12.8. The van der Waals surface area contributed by atoms with Crippen molar-refractivity contribution < 1.29 is 4.42 Å². The molecule has 3 N–H and O–H groups in total. The molecule has 1 aromatic heterocycles. The molecule has 1 heterocycles. The fourth-order valence-electron chi connectivity index (χ4n) is 2.42. The van der Waals surface area contributed by atoms with Crippen LogP contribution in [0.15, 0.2) is 22.6 Å². The van der Waals surface area contributed by atoms with Gasteiger partial charge in [-0.3, -0.25) is 0 Å². The van der Waals surface area contributed by atoms with Crippen LogP contribution in [0.5, 0.6) is 0 Å². The number of oxazole rings is 1. The quantitative estimate of drug-likeness (QED) is 0.811. The van der Waals surface area contributed by atoms with Gasteiger partial charge in [-0.2, -0.15) is 4.98 Å². The molecule has 0 aliphatic heterocycles. The van der Waals surface area contributed by atoms with E-state index in [9.17, 15) is 0 Å². The van der Waals surface area contributed by atoms with Gasteiger partial charge in [0.05, 0.1) is 5.69 Å². The van der Waals surface area contributed by atoms with E-state index in [2.05, 4.69) is 24.1 Å². The topological polar surface area (TPSA) is 64.1 Å². The van der Waals surface area contributed by atoms with Crippen LogP contribution in [0.25, 0.3) is 11.1 Å². The smallest absolute Gasteiger partial charge is 0.295 e. The maximum Gasteiger partial charge on any atom is 0.295 e. The lowest BCUT2D eigenvalue weighted by molar-refractivity contribution is 0.376. The molecule has 18 heavy (non-hydrogen) atoms. The van der Waals surface area contributed by atoms with Gasteiger partial charge in [0.25, 0.3) is 6.01 Å². The minimum atomic E-state index is 0.437. The summed E-state index contributed by atoms with van der Waals surface area (Å²) in [6.07, 6.45) is 2.58. The van der Waals surface area contributed by atoms with Gasteiger partial charge in [0, 0.05) is 6.54 Å². The number of para-hydroxylation sites is 1. The summed E-state index contributed by atoms with van der Waals surface area (Å²) in [4.78, 5) is 4.40. The van der Waals surface area contributed by atoms with Crippen LogP contribution in [0.1, 0.15) is 26.7 Å². The first kappa shape index (κ1) is 11.4. The average Bonchev–Trinajstić information content (AvgIpc) is 3.01. The minimum Gasteiger partial charge on any atom is -0.423 e. The number of nitrogens with zero attached hydrogens (tertiary/aromatic N) is 1. The van der Waals surface area contributed by atoms with Gasteiger partial charge in [0.2, 0.25) is 0 Å². The van der Waals surface area contributed by atoms with E-state index in [4.69, 9.17) is 10.2 Å². The Bertz CT molecular complexity index is 569. The third kappa shape index (κ3) is 1.82. The lowest BCUT2D eigenvalue weighted by atomic mass is 9.92. The zero-order valence-corrected chi connectivity index (χ0v) is 10.9. The van der Waals surface area contributed by atoms with Gasteiger partial charge in [-0.1, -0.05) is 19.9 Å². The van der Waals surface area contributed by atoms with E-state index in [0.717, 1.165) is 17.6 Å². The van der Waals surface area contributed by atoms with Crippen molar-refractivity contribution in [3.8, 4) is 0 Å². The summed E-state index contributed by atoms with van der Waals surface area (Å²) >= 11 is 0. The highest BCUT2D eigenvalue weighted by Crippen LogP contribution is 2.51. The summed E-state index contributed by atoms with van der Waals surface area (Å²) < 4.78 is 5.65. The molecule has 0 radical (unpaired) electrons. The Morgan fingerprint density at radius 1 is 1.44 bits per heavy atom. The van der Waals surface area contributed by atoms with Gasteiger partial charge in [-0.15, -0.1) is 0 Å². The van der Waals surface area contributed by atoms with Crippen molar-refractivity contribution in [3.63, 3.8) is 0 Å². The molecule has 0 saturated heterocycles. The molecule has 0 amide bonds. The zero-order valence-electron chi connectivity index (χ0n) is 10.9. The van der Waals surface area contributed by atoms with Crippen molar-refractivity contribution in [2.75, 3.05) is 17.6 Å². The predicted octanol–water partition coefficient (Wildman–Crippen LogP) is 3.26. The number of nitrogens with two attached hydrogens (primary N) is 1. The number of anilines is 2. The second-order valence-corrected chi connectivity index (χ2v) is 5.58. The Morgan fingerprint density at radius 3 is 2.83 bits per heavy atom. The van der Waals surface area contributed by atoms with E-state index >= 15 is 0 Å². The van der Waals surface area contributed by atoms with E-state index in [1.54, 1.807) is 0 Å². The van der Waals surface area contributed by atoms with Crippen LogP contribution >= 0.6 is 0 Å². The fourth-order valence-corrected chi connectivity index (χ4v) is 2.42. The van der Waals surface area contributed by atoms with Crippen LogP contribution in [-0.4, -0.2) is 11.5 Å². The van der Waals surface area contributed by atoms with Crippen molar-refractivity contribution in [1.82, 2.24) is 4.98 Å². The molecule has 96 valence electrons. The van der Waals surface area contributed by atoms with Crippen molar-refractivity contribution >= 4 is 22.8 Å². The molecule has 2 aromatic rings. The molecule has 3 rings (SSSR count). The first-order valence-corrected chi connectivity index (χ1v) is 6.50. The standard InChI is InChI=1S/C14H19N3O/c1-9(2)14(6-7-14)8-16-13-17-12-10(15)4-3-5-11(12)18-13/h3-5,9H,6-8,15H2,1-2H3,(H,16,17). The summed E-state index contributed by atoms with van der Waals surface area (Å²) in [5, 5.41) is 3.31. The second-order valence-electron chi connectivity index (χ2n) is 5.58. The molecule has 1 fully saturated rings. The van der Waals surface area contributed by atoms with Crippen LogP contribution in [0.4, 0.5) is 11.7 Å². The number of hydrogen-bond donors (Lipinski definition) is 2. The number of aromatic nitrogens is 1. The molecular formula is C14H19N3O. The third-order valence-electron chi connectivity index (χ3n) is 4.16. The number of rotatable bonds is 4. The van der Waals surface area contributed by atoms with Crippen molar-refractivity contribution in [2.24, 2.45) is 11.3 Å². The predicted molar refractivity (Wildman–Crippen MR) is 73.4 cm³/mol. The van der Waals surface area contributed by atoms with Gasteiger partial charge in [-0.05, 0) is 36.3 Å². The van der Waals surface area contributed by atoms with Crippen LogP contribution in [0, 0.1) is 11.3 Å². The van der Waals surface area contributed by atoms with Crippen molar-refractivity contribution in [3.05, 3.63) is 18.2 Å². The molecule has 4 heteroatoms. The van der Waals surface area contributed by atoms with Crippen LogP contribution < -0.4 is 11.1 Å². The third-order valence-corrected chi connectivity index (χ3v) is 4.16. The average molecular weight is 245 g/mol. The molecule has 1 aliphatic carbocycles. The van der Waals surface area contributed by atoms with Crippen LogP contribution in [0.3, 0.4) is 0 Å². The maximum absolute atomic E-state index is 5.86. The molecule has 1 aromatic carbocycles. The summed E-state index contributed by atoms with van der Waals surface area (Å²) in [6.45, 7) is 5.48. The minimum absolute atomic E-state index is 0.437. The number of hydrogen-bond acceptors (Lipinski definition) is 4. The number of nitrogen functional groups attached to an aromatic ring is 1.